The summed E-state index contributed by atoms with van der Waals surface area (Å²) in [5.74, 6) is 0.947. The number of phenolic OH excluding ortho intramolecular Hbond substituents is 1. The summed E-state index contributed by atoms with van der Waals surface area (Å²) in [5, 5.41) is 9.81. The zero-order valence-electron chi connectivity index (χ0n) is 8.80. The molecule has 0 saturated heterocycles. The molecule has 0 saturated carbocycles. The predicted molar refractivity (Wildman–Crippen MR) is 54.6 cm³/mol. The highest BCUT2D eigenvalue weighted by Crippen LogP contribution is 2.33. The molecule has 0 unspecified atom stereocenters. The van der Waals surface area contributed by atoms with Crippen molar-refractivity contribution in [2.45, 2.75) is 27.7 Å². The van der Waals surface area contributed by atoms with Crippen molar-refractivity contribution in [3.8, 4) is 5.75 Å². The van der Waals surface area contributed by atoms with E-state index in [0.717, 1.165) is 22.2 Å². The number of oxazole rings is 1. The molecule has 1 N–H and O–H groups in total. The summed E-state index contributed by atoms with van der Waals surface area (Å²) in [6.45, 7) is 7.49. The summed E-state index contributed by atoms with van der Waals surface area (Å²) in [6, 6.07) is 0. The highest BCUT2D eigenvalue weighted by atomic mass is 16.3. The van der Waals surface area contributed by atoms with E-state index in [1.54, 1.807) is 0 Å². The first kappa shape index (κ1) is 9.06. The second-order valence-corrected chi connectivity index (χ2v) is 3.63. The number of aromatic nitrogens is 1. The molecule has 0 amide bonds. The molecular formula is C11H13NO2. The molecule has 14 heavy (non-hydrogen) atoms. The van der Waals surface area contributed by atoms with Gasteiger partial charge in [0.25, 0.3) is 0 Å². The van der Waals surface area contributed by atoms with Crippen LogP contribution in [0.3, 0.4) is 0 Å². The van der Waals surface area contributed by atoms with E-state index in [1.165, 1.54) is 0 Å². The van der Waals surface area contributed by atoms with E-state index in [-0.39, 0.29) is 0 Å². The van der Waals surface area contributed by atoms with E-state index < -0.39 is 0 Å². The molecule has 0 spiro atoms. The number of benzene rings is 1. The maximum atomic E-state index is 9.81. The molecule has 0 aliphatic carbocycles. The number of hydrogen-bond donors (Lipinski definition) is 1. The zero-order valence-corrected chi connectivity index (χ0v) is 8.80. The molecule has 3 heteroatoms. The average molecular weight is 191 g/mol. The third kappa shape index (κ3) is 1.02. The molecule has 1 aromatic carbocycles. The van der Waals surface area contributed by atoms with Gasteiger partial charge in [0, 0.05) is 12.5 Å². The Bertz CT molecular complexity index is 467. The summed E-state index contributed by atoms with van der Waals surface area (Å²) in [4.78, 5) is 4.30. The standard InChI is InChI=1S/C11H13NO2/c1-5-6(2)10(13)7(3)11-9(5)12-8(4)14-11/h13H,1-4H3. The van der Waals surface area contributed by atoms with E-state index in [0.29, 0.717) is 17.2 Å². The van der Waals surface area contributed by atoms with Crippen LogP contribution in [-0.4, -0.2) is 10.1 Å². The van der Waals surface area contributed by atoms with Crippen LogP contribution in [0.25, 0.3) is 11.1 Å². The minimum Gasteiger partial charge on any atom is -0.507 e. The Labute approximate surface area is 82.4 Å². The van der Waals surface area contributed by atoms with Gasteiger partial charge in [-0.3, -0.25) is 0 Å². The fraction of sp³-hybridized carbons (Fsp3) is 0.364. The lowest BCUT2D eigenvalue weighted by atomic mass is 10.0. The van der Waals surface area contributed by atoms with Crippen molar-refractivity contribution in [2.24, 2.45) is 0 Å². The van der Waals surface area contributed by atoms with E-state index in [4.69, 9.17) is 4.42 Å². The minimum atomic E-state index is 0.311. The van der Waals surface area contributed by atoms with Gasteiger partial charge in [-0.05, 0) is 31.9 Å². The van der Waals surface area contributed by atoms with Crippen LogP contribution in [0.2, 0.25) is 0 Å². The van der Waals surface area contributed by atoms with Gasteiger partial charge in [0.15, 0.2) is 11.5 Å². The third-order valence-electron chi connectivity index (χ3n) is 2.70. The van der Waals surface area contributed by atoms with Crippen LogP contribution in [0.1, 0.15) is 22.6 Å². The first-order valence-corrected chi connectivity index (χ1v) is 4.58. The second kappa shape index (κ2) is 2.74. The fourth-order valence-electron chi connectivity index (χ4n) is 1.68. The normalized spacial score (nSPS) is 11.1. The molecule has 0 bridgehead atoms. The lowest BCUT2D eigenvalue weighted by Gasteiger charge is -2.06. The molecule has 3 nitrogen and oxygen atoms in total. The predicted octanol–water partition coefficient (Wildman–Crippen LogP) is 2.77. The maximum absolute atomic E-state index is 9.81. The Kier molecular flexibility index (Phi) is 1.77. The Hall–Kier alpha value is -1.51. The number of rotatable bonds is 0. The van der Waals surface area contributed by atoms with Crippen molar-refractivity contribution >= 4 is 11.1 Å². The molecule has 2 rings (SSSR count). The highest BCUT2D eigenvalue weighted by Gasteiger charge is 2.15. The molecule has 2 aromatic rings. The van der Waals surface area contributed by atoms with Gasteiger partial charge >= 0.3 is 0 Å². The van der Waals surface area contributed by atoms with Gasteiger partial charge in [-0.25, -0.2) is 4.98 Å². The molecule has 0 radical (unpaired) electrons. The Morgan fingerprint density at radius 2 is 1.64 bits per heavy atom. The number of aryl methyl sites for hydroxylation is 3. The average Bonchev–Trinajstić information content (AvgIpc) is 2.54. The van der Waals surface area contributed by atoms with Crippen LogP contribution >= 0.6 is 0 Å². The second-order valence-electron chi connectivity index (χ2n) is 3.63. The molecule has 1 heterocycles. The van der Waals surface area contributed by atoms with Crippen molar-refractivity contribution in [1.29, 1.82) is 0 Å². The number of nitrogens with zero attached hydrogens (tertiary/aromatic N) is 1. The number of phenols is 1. The quantitative estimate of drug-likeness (QED) is 0.696. The zero-order chi connectivity index (χ0) is 10.5. The monoisotopic (exact) mass is 191 g/mol. The number of aromatic hydroxyl groups is 1. The first-order chi connectivity index (χ1) is 6.52. The van der Waals surface area contributed by atoms with Crippen LogP contribution in [0.4, 0.5) is 0 Å². The van der Waals surface area contributed by atoms with Crippen LogP contribution < -0.4 is 0 Å². The smallest absolute Gasteiger partial charge is 0.192 e. The van der Waals surface area contributed by atoms with Gasteiger partial charge in [-0.1, -0.05) is 0 Å². The van der Waals surface area contributed by atoms with Crippen LogP contribution in [0.5, 0.6) is 5.75 Å². The van der Waals surface area contributed by atoms with E-state index in [1.807, 2.05) is 27.7 Å². The summed E-state index contributed by atoms with van der Waals surface area (Å²) in [6.07, 6.45) is 0. The van der Waals surface area contributed by atoms with E-state index in [9.17, 15) is 5.11 Å². The van der Waals surface area contributed by atoms with Crippen molar-refractivity contribution in [3.05, 3.63) is 22.6 Å². The van der Waals surface area contributed by atoms with Crippen molar-refractivity contribution in [2.75, 3.05) is 0 Å². The lowest BCUT2D eigenvalue weighted by Crippen LogP contribution is -1.88. The van der Waals surface area contributed by atoms with Crippen molar-refractivity contribution in [1.82, 2.24) is 4.98 Å². The number of hydrogen-bond acceptors (Lipinski definition) is 3. The Balaban J connectivity index is 3.01. The summed E-state index contributed by atoms with van der Waals surface area (Å²) < 4.78 is 5.44. The van der Waals surface area contributed by atoms with Gasteiger partial charge in [0.1, 0.15) is 11.3 Å². The summed E-state index contributed by atoms with van der Waals surface area (Å²) >= 11 is 0. The van der Waals surface area contributed by atoms with E-state index in [2.05, 4.69) is 4.98 Å². The van der Waals surface area contributed by atoms with Crippen LogP contribution in [0, 0.1) is 27.7 Å². The molecule has 0 aliphatic heterocycles. The Morgan fingerprint density at radius 3 is 2.29 bits per heavy atom. The third-order valence-corrected chi connectivity index (χ3v) is 2.70. The van der Waals surface area contributed by atoms with Gasteiger partial charge in [0.05, 0.1) is 0 Å². The largest absolute Gasteiger partial charge is 0.507 e. The first-order valence-electron chi connectivity index (χ1n) is 4.58. The van der Waals surface area contributed by atoms with E-state index >= 15 is 0 Å². The van der Waals surface area contributed by atoms with Gasteiger partial charge in [-0.2, -0.15) is 0 Å². The molecule has 0 atom stereocenters. The maximum Gasteiger partial charge on any atom is 0.192 e. The minimum absolute atomic E-state index is 0.311. The molecule has 1 aromatic heterocycles. The Morgan fingerprint density at radius 1 is 1.00 bits per heavy atom. The summed E-state index contributed by atoms with van der Waals surface area (Å²) in [7, 11) is 0. The molecule has 0 fully saturated rings. The van der Waals surface area contributed by atoms with Crippen molar-refractivity contribution in [3.63, 3.8) is 0 Å². The van der Waals surface area contributed by atoms with Gasteiger partial charge in [0.2, 0.25) is 0 Å². The van der Waals surface area contributed by atoms with Crippen LogP contribution in [-0.2, 0) is 0 Å². The topological polar surface area (TPSA) is 46.3 Å². The summed E-state index contributed by atoms with van der Waals surface area (Å²) in [5.41, 5.74) is 4.19. The van der Waals surface area contributed by atoms with Crippen molar-refractivity contribution < 1.29 is 9.52 Å². The van der Waals surface area contributed by atoms with Crippen LogP contribution in [0.15, 0.2) is 4.42 Å². The fourth-order valence-corrected chi connectivity index (χ4v) is 1.68. The highest BCUT2D eigenvalue weighted by molar-refractivity contribution is 5.84. The molecule has 0 aliphatic rings. The SMILES string of the molecule is Cc1nc2c(C)c(C)c(O)c(C)c2o1. The molecule has 74 valence electrons. The van der Waals surface area contributed by atoms with Gasteiger partial charge in [-0.15, -0.1) is 0 Å². The van der Waals surface area contributed by atoms with Gasteiger partial charge < -0.3 is 9.52 Å². The molecular weight excluding hydrogens is 178 g/mol. The lowest BCUT2D eigenvalue weighted by molar-refractivity contribution is 0.464. The number of fused-ring (bicyclic) bond motifs is 1.